The van der Waals surface area contributed by atoms with E-state index in [-0.39, 0.29) is 12.5 Å². The number of hydrogen-bond donors (Lipinski definition) is 2. The largest absolute Gasteiger partial charge is 0.479 e. The number of anilines is 2. The second kappa shape index (κ2) is 4.32. The Labute approximate surface area is 97.9 Å². The quantitative estimate of drug-likeness (QED) is 0.774. The Kier molecular flexibility index (Phi) is 2.86. The zero-order chi connectivity index (χ0) is 12.4. The molecule has 6 heteroatoms. The summed E-state index contributed by atoms with van der Waals surface area (Å²) in [5, 5.41) is 5.21. The molecule has 1 aromatic rings. The normalized spacial score (nSPS) is 13.2. The molecule has 0 bridgehead atoms. The van der Waals surface area contributed by atoms with Crippen molar-refractivity contribution in [1.82, 2.24) is 0 Å². The van der Waals surface area contributed by atoms with Crippen LogP contribution < -0.4 is 15.4 Å². The molecule has 0 spiro atoms. The Bertz CT molecular complexity index is 485. The van der Waals surface area contributed by atoms with Gasteiger partial charge in [-0.15, -0.1) is 0 Å². The van der Waals surface area contributed by atoms with Crippen molar-refractivity contribution in [3.05, 3.63) is 17.7 Å². The number of hydrogen-bond acceptors (Lipinski definition) is 4. The average molecular weight is 236 g/mol. The Morgan fingerprint density at radius 3 is 3.00 bits per heavy atom. The van der Waals surface area contributed by atoms with Crippen molar-refractivity contribution in [2.45, 2.75) is 6.92 Å². The van der Waals surface area contributed by atoms with Gasteiger partial charge in [0.2, 0.25) is 0 Å². The lowest BCUT2D eigenvalue weighted by molar-refractivity contribution is -0.118. The van der Waals surface area contributed by atoms with E-state index in [0.29, 0.717) is 17.1 Å². The van der Waals surface area contributed by atoms with Gasteiger partial charge in [-0.3, -0.25) is 10.1 Å². The lowest BCUT2D eigenvalue weighted by atomic mass is 10.1. The average Bonchev–Trinajstić information content (AvgIpc) is 2.27. The summed E-state index contributed by atoms with van der Waals surface area (Å²) in [6.07, 6.45) is -0.585. The van der Waals surface area contributed by atoms with Crippen LogP contribution in [0.5, 0.6) is 5.75 Å². The molecule has 0 saturated carbocycles. The van der Waals surface area contributed by atoms with Gasteiger partial charge >= 0.3 is 6.09 Å². The van der Waals surface area contributed by atoms with Crippen LogP contribution in [0.15, 0.2) is 12.1 Å². The van der Waals surface area contributed by atoms with Gasteiger partial charge in [-0.25, -0.2) is 4.79 Å². The molecular formula is C11H12N2O4. The highest BCUT2D eigenvalue weighted by Crippen LogP contribution is 2.36. The molecule has 6 nitrogen and oxygen atoms in total. The molecule has 0 radical (unpaired) electrons. The topological polar surface area (TPSA) is 76.7 Å². The highest BCUT2D eigenvalue weighted by molar-refractivity contribution is 5.99. The molecule has 0 atom stereocenters. The fourth-order valence-electron chi connectivity index (χ4n) is 1.60. The molecule has 17 heavy (non-hydrogen) atoms. The van der Waals surface area contributed by atoms with E-state index in [1.54, 1.807) is 12.1 Å². The molecule has 1 heterocycles. The number of amides is 2. The summed E-state index contributed by atoms with van der Waals surface area (Å²) in [6.45, 7) is 1.79. The molecular weight excluding hydrogens is 224 g/mol. The number of nitrogens with one attached hydrogen (secondary N) is 2. The molecule has 2 rings (SSSR count). The third kappa shape index (κ3) is 2.30. The monoisotopic (exact) mass is 236 g/mol. The Morgan fingerprint density at radius 2 is 2.29 bits per heavy atom. The molecule has 0 aliphatic carbocycles. The van der Waals surface area contributed by atoms with Gasteiger partial charge < -0.3 is 14.8 Å². The first kappa shape index (κ1) is 11.3. The van der Waals surface area contributed by atoms with E-state index < -0.39 is 6.09 Å². The first-order chi connectivity index (χ1) is 8.10. The molecule has 1 aliphatic rings. The van der Waals surface area contributed by atoms with Gasteiger partial charge in [0.15, 0.2) is 12.4 Å². The summed E-state index contributed by atoms with van der Waals surface area (Å²) in [6, 6.07) is 3.52. The summed E-state index contributed by atoms with van der Waals surface area (Å²) in [4.78, 5) is 22.3. The SMILES string of the molecule is COC(=O)Nc1cc(C)cc2c1OCC(=O)N2. The Hall–Kier alpha value is -2.24. The predicted molar refractivity (Wildman–Crippen MR) is 61.3 cm³/mol. The third-order valence-corrected chi connectivity index (χ3v) is 2.28. The number of aryl methyl sites for hydroxylation is 1. The third-order valence-electron chi connectivity index (χ3n) is 2.28. The van der Waals surface area contributed by atoms with Crippen LogP contribution in [0.2, 0.25) is 0 Å². The van der Waals surface area contributed by atoms with Gasteiger partial charge in [0.05, 0.1) is 18.5 Å². The van der Waals surface area contributed by atoms with E-state index in [9.17, 15) is 9.59 Å². The zero-order valence-corrected chi connectivity index (χ0v) is 9.49. The number of fused-ring (bicyclic) bond motifs is 1. The van der Waals surface area contributed by atoms with Crippen LogP contribution in [0.1, 0.15) is 5.56 Å². The van der Waals surface area contributed by atoms with Gasteiger partial charge in [0.25, 0.3) is 5.91 Å². The summed E-state index contributed by atoms with van der Waals surface area (Å²) in [5.74, 6) is 0.229. The number of carbonyl (C=O) groups excluding carboxylic acids is 2. The van der Waals surface area contributed by atoms with E-state index in [4.69, 9.17) is 4.74 Å². The van der Waals surface area contributed by atoms with Crippen LogP contribution >= 0.6 is 0 Å². The van der Waals surface area contributed by atoms with Crippen molar-refractivity contribution in [2.24, 2.45) is 0 Å². The molecule has 1 aromatic carbocycles. The molecule has 0 fully saturated rings. The Morgan fingerprint density at radius 1 is 1.53 bits per heavy atom. The van der Waals surface area contributed by atoms with Crippen molar-refractivity contribution in [3.8, 4) is 5.75 Å². The summed E-state index contributed by atoms with van der Waals surface area (Å²) < 4.78 is 9.80. The highest BCUT2D eigenvalue weighted by atomic mass is 16.5. The molecule has 0 saturated heterocycles. The van der Waals surface area contributed by atoms with E-state index in [1.807, 2.05) is 6.92 Å². The van der Waals surface area contributed by atoms with Crippen molar-refractivity contribution >= 4 is 23.4 Å². The second-order valence-corrected chi connectivity index (χ2v) is 3.64. The maximum absolute atomic E-state index is 11.2. The molecule has 0 unspecified atom stereocenters. The van der Waals surface area contributed by atoms with Crippen LogP contribution in [0.25, 0.3) is 0 Å². The van der Waals surface area contributed by atoms with E-state index in [1.165, 1.54) is 7.11 Å². The lowest BCUT2D eigenvalue weighted by Crippen LogP contribution is -2.26. The number of ether oxygens (including phenoxy) is 2. The summed E-state index contributed by atoms with van der Waals surface area (Å²) in [5.41, 5.74) is 1.92. The number of carbonyl (C=O) groups is 2. The van der Waals surface area contributed by atoms with Crippen LogP contribution in [0.3, 0.4) is 0 Å². The first-order valence-corrected chi connectivity index (χ1v) is 5.02. The maximum atomic E-state index is 11.2. The number of benzene rings is 1. The fraction of sp³-hybridized carbons (Fsp3) is 0.273. The summed E-state index contributed by atoms with van der Waals surface area (Å²) in [7, 11) is 1.28. The zero-order valence-electron chi connectivity index (χ0n) is 9.49. The first-order valence-electron chi connectivity index (χ1n) is 5.02. The van der Waals surface area contributed by atoms with Gasteiger partial charge in [-0.2, -0.15) is 0 Å². The standard InChI is InChI=1S/C11H12N2O4/c1-6-3-7-10(17-5-9(14)12-7)8(4-6)13-11(15)16-2/h3-4H,5H2,1-2H3,(H,12,14)(H,13,15). The van der Waals surface area contributed by atoms with E-state index in [2.05, 4.69) is 15.4 Å². The molecule has 2 amide bonds. The fourth-order valence-corrected chi connectivity index (χ4v) is 1.60. The number of methoxy groups -OCH3 is 1. The molecule has 2 N–H and O–H groups in total. The van der Waals surface area contributed by atoms with Crippen LogP contribution in [-0.2, 0) is 9.53 Å². The van der Waals surface area contributed by atoms with E-state index >= 15 is 0 Å². The minimum atomic E-state index is -0.585. The van der Waals surface area contributed by atoms with Crippen LogP contribution in [0, 0.1) is 6.92 Å². The van der Waals surface area contributed by atoms with Gasteiger partial charge in [0.1, 0.15) is 0 Å². The highest BCUT2D eigenvalue weighted by Gasteiger charge is 2.20. The predicted octanol–water partition coefficient (Wildman–Crippen LogP) is 1.50. The maximum Gasteiger partial charge on any atom is 0.411 e. The van der Waals surface area contributed by atoms with Gasteiger partial charge in [-0.05, 0) is 24.6 Å². The van der Waals surface area contributed by atoms with Gasteiger partial charge in [-0.1, -0.05) is 0 Å². The molecule has 0 aromatic heterocycles. The van der Waals surface area contributed by atoms with Crippen molar-refractivity contribution in [1.29, 1.82) is 0 Å². The summed E-state index contributed by atoms with van der Waals surface area (Å²) >= 11 is 0. The van der Waals surface area contributed by atoms with Gasteiger partial charge in [0, 0.05) is 0 Å². The van der Waals surface area contributed by atoms with Crippen LogP contribution in [-0.4, -0.2) is 25.7 Å². The lowest BCUT2D eigenvalue weighted by Gasteiger charge is -2.21. The van der Waals surface area contributed by atoms with Crippen molar-refractivity contribution in [3.63, 3.8) is 0 Å². The van der Waals surface area contributed by atoms with Crippen LogP contribution in [0.4, 0.5) is 16.2 Å². The smallest absolute Gasteiger partial charge is 0.411 e. The minimum Gasteiger partial charge on any atom is -0.479 e. The number of rotatable bonds is 1. The van der Waals surface area contributed by atoms with Crippen molar-refractivity contribution in [2.75, 3.05) is 24.4 Å². The molecule has 90 valence electrons. The second-order valence-electron chi connectivity index (χ2n) is 3.64. The van der Waals surface area contributed by atoms with E-state index in [0.717, 1.165) is 5.56 Å². The van der Waals surface area contributed by atoms with Crippen molar-refractivity contribution < 1.29 is 19.1 Å². The Balaban J connectivity index is 2.38. The molecule has 1 aliphatic heterocycles. The minimum absolute atomic E-state index is 0.0636.